The van der Waals surface area contributed by atoms with Crippen LogP contribution in [0.2, 0.25) is 0 Å². The highest BCUT2D eigenvalue weighted by molar-refractivity contribution is 6.06. The van der Waals surface area contributed by atoms with Crippen molar-refractivity contribution in [3.8, 4) is 0 Å². The number of hydrogen-bond donors (Lipinski definition) is 1. The van der Waals surface area contributed by atoms with Gasteiger partial charge in [0.1, 0.15) is 14.1 Å². The zero-order valence-electron chi connectivity index (χ0n) is 19.0. The van der Waals surface area contributed by atoms with Crippen molar-refractivity contribution in [1.29, 1.82) is 0 Å². The maximum absolute atomic E-state index is 11.4. The molecule has 0 atom stereocenters. The highest BCUT2D eigenvalue weighted by Crippen LogP contribution is 2.50. The van der Waals surface area contributed by atoms with Crippen molar-refractivity contribution in [3.63, 3.8) is 0 Å². The topological polar surface area (TPSA) is 43.5 Å². The molecule has 0 aromatic heterocycles. The van der Waals surface area contributed by atoms with Gasteiger partial charge in [0, 0.05) is 37.3 Å². The summed E-state index contributed by atoms with van der Waals surface area (Å²) >= 11 is 0. The van der Waals surface area contributed by atoms with Gasteiger partial charge in [0.2, 0.25) is 0 Å². The van der Waals surface area contributed by atoms with Gasteiger partial charge in [0.05, 0.1) is 5.56 Å². The second kappa shape index (κ2) is 7.38. The van der Waals surface area contributed by atoms with Gasteiger partial charge in [-0.15, -0.1) is 0 Å². The van der Waals surface area contributed by atoms with E-state index in [0.717, 1.165) is 11.1 Å². The molecular weight excluding hydrogens is 384 g/mol. The van der Waals surface area contributed by atoms with Crippen LogP contribution in [0, 0.1) is 0 Å². The third-order valence-corrected chi connectivity index (χ3v) is 6.34. The Balaban J connectivity index is 2.04. The molecule has 2 aliphatic carbocycles. The van der Waals surface area contributed by atoms with Gasteiger partial charge < -0.3 is 10.0 Å². The monoisotopic (exact) mass is 413 g/mol. The Labute approximate surface area is 184 Å². The molecule has 0 saturated heterocycles. The predicted octanol–water partition coefficient (Wildman–Crippen LogP) is 4.75. The van der Waals surface area contributed by atoms with E-state index in [2.05, 4.69) is 87.9 Å². The first-order valence-electron chi connectivity index (χ1n) is 10.5. The Kier molecular flexibility index (Phi) is 4.97. The van der Waals surface area contributed by atoms with Crippen LogP contribution < -0.4 is 4.90 Å². The lowest BCUT2D eigenvalue weighted by Gasteiger charge is -2.39. The Morgan fingerprint density at radius 1 is 1.00 bits per heavy atom. The minimum Gasteiger partial charge on any atom is -0.478 e. The Bertz CT molecular complexity index is 1200. The number of allylic oxidation sites excluding steroid dienone is 5. The van der Waals surface area contributed by atoms with Crippen molar-refractivity contribution in [1.82, 2.24) is 0 Å². The molecule has 0 spiro atoms. The van der Waals surface area contributed by atoms with Gasteiger partial charge >= 0.3 is 5.97 Å². The first kappa shape index (κ1) is 20.9. The number of nitrogens with zero attached hydrogens (tertiary/aromatic N) is 2. The van der Waals surface area contributed by atoms with Crippen LogP contribution in [0.1, 0.15) is 40.9 Å². The fourth-order valence-corrected chi connectivity index (χ4v) is 4.47. The molecule has 0 radical (unpaired) electrons. The van der Waals surface area contributed by atoms with E-state index >= 15 is 0 Å². The van der Waals surface area contributed by atoms with E-state index in [0.29, 0.717) is 5.56 Å². The average Bonchev–Trinajstić information content (AvgIpc) is 2.73. The van der Waals surface area contributed by atoms with Crippen molar-refractivity contribution in [3.05, 3.63) is 94.1 Å². The summed E-state index contributed by atoms with van der Waals surface area (Å²) in [6.07, 6.45) is 6.64. The van der Waals surface area contributed by atoms with Crippen molar-refractivity contribution >= 4 is 22.9 Å². The standard InChI is InChI=1S/C27H28N2O2/c1-27(2)23-15-19(28(3)4)11-13-21(23)25(17-7-9-18(10-8-17)26(30)31)22-14-12-20(29(5)6)16-24(22)27/h7-16H,1-6H3/p+1. The van der Waals surface area contributed by atoms with Gasteiger partial charge in [-0.05, 0) is 63.8 Å². The lowest BCUT2D eigenvalue weighted by Crippen LogP contribution is -2.30. The van der Waals surface area contributed by atoms with E-state index in [9.17, 15) is 9.90 Å². The highest BCUT2D eigenvalue weighted by atomic mass is 16.4. The molecule has 4 rings (SSSR count). The summed E-state index contributed by atoms with van der Waals surface area (Å²) < 4.78 is 2.13. The van der Waals surface area contributed by atoms with Crippen molar-refractivity contribution in [2.24, 2.45) is 0 Å². The van der Waals surface area contributed by atoms with E-state index in [1.165, 1.54) is 33.7 Å². The third kappa shape index (κ3) is 3.42. The number of rotatable bonds is 3. The number of aromatic carboxylic acids is 1. The number of fused-ring (bicyclic) bond motifs is 2. The third-order valence-electron chi connectivity index (χ3n) is 6.34. The number of carboxylic acids is 1. The molecule has 1 N–H and O–H groups in total. The van der Waals surface area contributed by atoms with E-state index in [4.69, 9.17) is 0 Å². The van der Waals surface area contributed by atoms with Crippen LogP contribution in [0.3, 0.4) is 0 Å². The molecule has 158 valence electrons. The van der Waals surface area contributed by atoms with Crippen molar-refractivity contribution in [2.75, 3.05) is 33.1 Å². The molecule has 4 heteroatoms. The van der Waals surface area contributed by atoms with E-state index in [-0.39, 0.29) is 5.41 Å². The largest absolute Gasteiger partial charge is 0.478 e. The van der Waals surface area contributed by atoms with Crippen molar-refractivity contribution in [2.45, 2.75) is 19.3 Å². The van der Waals surface area contributed by atoms with Gasteiger partial charge in [-0.3, -0.25) is 0 Å². The van der Waals surface area contributed by atoms with Gasteiger partial charge in [-0.25, -0.2) is 9.37 Å². The average molecular weight is 414 g/mol. The van der Waals surface area contributed by atoms with Crippen molar-refractivity contribution < 1.29 is 14.5 Å². The van der Waals surface area contributed by atoms with E-state index in [1.54, 1.807) is 12.1 Å². The Morgan fingerprint density at radius 2 is 1.68 bits per heavy atom. The van der Waals surface area contributed by atoms with Crippen LogP contribution in [0.25, 0.3) is 5.57 Å². The lowest BCUT2D eigenvalue weighted by molar-refractivity contribution is -0.462. The SMILES string of the molecule is CN(C)c1ccc2c(c1)C(C)(C)C1=CC(=[N+](C)C)C=CC1=C2c1ccc(C(=O)O)cc1. The second-order valence-corrected chi connectivity index (χ2v) is 9.13. The Hall–Kier alpha value is -3.40. The first-order valence-corrected chi connectivity index (χ1v) is 10.5. The molecule has 0 aliphatic heterocycles. The maximum Gasteiger partial charge on any atom is 0.335 e. The zero-order valence-corrected chi connectivity index (χ0v) is 19.0. The summed E-state index contributed by atoms with van der Waals surface area (Å²) in [7, 11) is 8.24. The zero-order chi connectivity index (χ0) is 22.5. The molecule has 2 aromatic rings. The molecule has 4 nitrogen and oxygen atoms in total. The number of hydrogen-bond acceptors (Lipinski definition) is 2. The second-order valence-electron chi connectivity index (χ2n) is 9.13. The molecule has 0 fully saturated rings. The quantitative estimate of drug-likeness (QED) is 0.739. The molecule has 0 heterocycles. The van der Waals surface area contributed by atoms with Crippen LogP contribution in [0.4, 0.5) is 5.69 Å². The summed E-state index contributed by atoms with van der Waals surface area (Å²) in [5.74, 6) is -0.909. The summed E-state index contributed by atoms with van der Waals surface area (Å²) in [5.41, 5.74) is 9.58. The molecule has 2 aliphatic rings. The summed E-state index contributed by atoms with van der Waals surface area (Å²) in [6, 6.07) is 13.9. The highest BCUT2D eigenvalue weighted by Gasteiger charge is 2.38. The normalized spacial score (nSPS) is 16.5. The van der Waals surface area contributed by atoms with Crippen LogP contribution in [-0.4, -0.2) is 49.6 Å². The van der Waals surface area contributed by atoms with Gasteiger partial charge in [-0.2, -0.15) is 0 Å². The van der Waals surface area contributed by atoms with Gasteiger partial charge in [0.15, 0.2) is 5.71 Å². The number of carboxylic acid groups (broad SMARTS) is 1. The van der Waals surface area contributed by atoms with Gasteiger partial charge in [-0.1, -0.05) is 32.0 Å². The molecule has 0 bridgehead atoms. The minimum absolute atomic E-state index is 0.173. The van der Waals surface area contributed by atoms with E-state index < -0.39 is 5.97 Å². The first-order chi connectivity index (χ1) is 14.6. The summed E-state index contributed by atoms with van der Waals surface area (Å²) in [4.78, 5) is 13.5. The molecule has 31 heavy (non-hydrogen) atoms. The maximum atomic E-state index is 11.4. The molecule has 0 unspecified atom stereocenters. The number of benzene rings is 2. The van der Waals surface area contributed by atoms with Gasteiger partial charge in [0.25, 0.3) is 0 Å². The summed E-state index contributed by atoms with van der Waals surface area (Å²) in [6.45, 7) is 4.57. The fourth-order valence-electron chi connectivity index (χ4n) is 4.47. The molecular formula is C27H29N2O2+. The summed E-state index contributed by atoms with van der Waals surface area (Å²) in [5, 5.41) is 9.32. The number of carbonyl (C=O) groups is 1. The molecule has 0 amide bonds. The molecule has 2 aromatic carbocycles. The predicted molar refractivity (Wildman–Crippen MR) is 128 cm³/mol. The molecule has 0 saturated carbocycles. The van der Waals surface area contributed by atoms with Crippen LogP contribution in [0.5, 0.6) is 0 Å². The van der Waals surface area contributed by atoms with Crippen LogP contribution in [0.15, 0.2) is 71.8 Å². The smallest absolute Gasteiger partial charge is 0.335 e. The lowest BCUT2D eigenvalue weighted by atomic mass is 9.64. The van der Waals surface area contributed by atoms with Crippen LogP contribution in [-0.2, 0) is 5.41 Å². The fraction of sp³-hybridized carbons (Fsp3) is 0.259. The number of anilines is 1. The Morgan fingerprint density at radius 3 is 2.26 bits per heavy atom. The van der Waals surface area contributed by atoms with Crippen LogP contribution >= 0.6 is 0 Å². The minimum atomic E-state index is -0.909. The van der Waals surface area contributed by atoms with E-state index in [1.807, 2.05) is 12.1 Å².